The van der Waals surface area contributed by atoms with Crippen LogP contribution < -0.4 is 5.32 Å². The number of carbonyl (C=O) groups excluding carboxylic acids is 1. The van der Waals surface area contributed by atoms with Gasteiger partial charge in [0.15, 0.2) is 0 Å². The summed E-state index contributed by atoms with van der Waals surface area (Å²) in [7, 11) is 0. The second-order valence-electron chi connectivity index (χ2n) is 3.85. The van der Waals surface area contributed by atoms with Gasteiger partial charge in [-0.25, -0.2) is 0 Å². The first-order valence-corrected chi connectivity index (χ1v) is 5.36. The molecule has 0 saturated carbocycles. The predicted octanol–water partition coefficient (Wildman–Crippen LogP) is 3.14. The molecule has 0 saturated heterocycles. The largest absolute Gasteiger partial charge is 0.336 e. The molecular weight excluding hydrogens is 245 g/mol. The van der Waals surface area contributed by atoms with Crippen LogP contribution in [0, 0.1) is 12.3 Å². The van der Waals surface area contributed by atoms with Gasteiger partial charge in [0.25, 0.3) is 5.91 Å². The van der Waals surface area contributed by atoms with Gasteiger partial charge in [-0.1, -0.05) is 29.1 Å². The summed E-state index contributed by atoms with van der Waals surface area (Å²) >= 11 is 11.6. The number of benzene rings is 1. The van der Waals surface area contributed by atoms with Crippen molar-refractivity contribution in [2.75, 3.05) is 0 Å². The minimum atomic E-state index is -0.691. The topological polar surface area (TPSA) is 29.1 Å². The molecule has 0 bridgehead atoms. The highest BCUT2D eigenvalue weighted by Crippen LogP contribution is 2.22. The zero-order valence-corrected chi connectivity index (χ0v) is 10.5. The van der Waals surface area contributed by atoms with Gasteiger partial charge in [-0.2, -0.15) is 0 Å². The van der Waals surface area contributed by atoms with Crippen molar-refractivity contribution < 1.29 is 4.79 Å². The summed E-state index contributed by atoms with van der Waals surface area (Å²) in [6.07, 6.45) is 5.27. The van der Waals surface area contributed by atoms with Gasteiger partial charge in [-0.05, 0) is 32.0 Å². The van der Waals surface area contributed by atoms with E-state index in [1.165, 1.54) is 6.07 Å². The van der Waals surface area contributed by atoms with Crippen LogP contribution in [0.1, 0.15) is 24.2 Å². The van der Waals surface area contributed by atoms with Gasteiger partial charge >= 0.3 is 0 Å². The lowest BCUT2D eigenvalue weighted by molar-refractivity contribution is 0.0930. The fourth-order valence-corrected chi connectivity index (χ4v) is 1.33. The lowest BCUT2D eigenvalue weighted by Gasteiger charge is -2.19. The number of rotatable bonds is 2. The van der Waals surface area contributed by atoms with Crippen LogP contribution in [0.25, 0.3) is 0 Å². The first-order valence-electron chi connectivity index (χ1n) is 4.61. The molecule has 2 nitrogen and oxygen atoms in total. The summed E-state index contributed by atoms with van der Waals surface area (Å²) in [6, 6.07) is 4.67. The zero-order valence-electron chi connectivity index (χ0n) is 8.97. The molecule has 0 aliphatic heterocycles. The lowest BCUT2D eigenvalue weighted by Crippen LogP contribution is -2.42. The first kappa shape index (κ1) is 12.9. The molecule has 0 unspecified atom stereocenters. The number of terminal acetylenes is 1. The highest BCUT2D eigenvalue weighted by Gasteiger charge is 2.18. The summed E-state index contributed by atoms with van der Waals surface area (Å²) in [5.41, 5.74) is -0.263. The molecule has 16 heavy (non-hydrogen) atoms. The second-order valence-corrected chi connectivity index (χ2v) is 4.67. The van der Waals surface area contributed by atoms with Crippen molar-refractivity contribution >= 4 is 29.1 Å². The number of amides is 1. The van der Waals surface area contributed by atoms with Gasteiger partial charge in [0.2, 0.25) is 0 Å². The summed E-state index contributed by atoms with van der Waals surface area (Å²) in [4.78, 5) is 11.8. The average Bonchev–Trinajstić information content (AvgIpc) is 2.21. The molecule has 0 aromatic heterocycles. The van der Waals surface area contributed by atoms with Crippen LogP contribution in [-0.2, 0) is 0 Å². The van der Waals surface area contributed by atoms with Crippen molar-refractivity contribution in [3.8, 4) is 12.3 Å². The molecule has 0 aliphatic carbocycles. The number of hydrogen-bond donors (Lipinski definition) is 1. The highest BCUT2D eigenvalue weighted by atomic mass is 35.5. The van der Waals surface area contributed by atoms with E-state index in [1.54, 1.807) is 26.0 Å². The highest BCUT2D eigenvalue weighted by molar-refractivity contribution is 6.42. The van der Waals surface area contributed by atoms with E-state index < -0.39 is 5.54 Å². The monoisotopic (exact) mass is 255 g/mol. The van der Waals surface area contributed by atoms with E-state index in [-0.39, 0.29) is 5.91 Å². The number of carbonyl (C=O) groups is 1. The standard InChI is InChI=1S/C12H11Cl2NO/c1-4-12(2,3)15-11(16)8-5-6-9(13)10(14)7-8/h1,5-7H,2-3H3,(H,15,16). The van der Waals surface area contributed by atoms with Gasteiger partial charge in [0.1, 0.15) is 0 Å². The number of halogens is 2. The van der Waals surface area contributed by atoms with Gasteiger partial charge in [0.05, 0.1) is 15.6 Å². The molecule has 84 valence electrons. The van der Waals surface area contributed by atoms with Crippen LogP contribution in [0.5, 0.6) is 0 Å². The van der Waals surface area contributed by atoms with Crippen LogP contribution in [0.4, 0.5) is 0 Å². The van der Waals surface area contributed by atoms with Gasteiger partial charge in [-0.3, -0.25) is 4.79 Å². The molecular formula is C12H11Cl2NO. The first-order chi connectivity index (χ1) is 7.35. The van der Waals surface area contributed by atoms with Gasteiger partial charge in [-0.15, -0.1) is 6.42 Å². The molecule has 1 amide bonds. The molecule has 0 radical (unpaired) electrons. The van der Waals surface area contributed by atoms with Crippen molar-refractivity contribution in [3.63, 3.8) is 0 Å². The van der Waals surface area contributed by atoms with Crippen molar-refractivity contribution in [1.82, 2.24) is 5.32 Å². The van der Waals surface area contributed by atoms with Crippen LogP contribution in [0.3, 0.4) is 0 Å². The molecule has 4 heteroatoms. The smallest absolute Gasteiger partial charge is 0.252 e. The van der Waals surface area contributed by atoms with E-state index in [0.29, 0.717) is 15.6 Å². The Bertz CT molecular complexity index is 461. The molecule has 1 aromatic carbocycles. The predicted molar refractivity (Wildman–Crippen MR) is 66.8 cm³/mol. The molecule has 0 spiro atoms. The van der Waals surface area contributed by atoms with Crippen molar-refractivity contribution in [1.29, 1.82) is 0 Å². The van der Waals surface area contributed by atoms with E-state index in [9.17, 15) is 4.79 Å². The van der Waals surface area contributed by atoms with Crippen molar-refractivity contribution in [2.45, 2.75) is 19.4 Å². The van der Waals surface area contributed by atoms with Crippen molar-refractivity contribution in [2.24, 2.45) is 0 Å². The maximum atomic E-state index is 11.8. The van der Waals surface area contributed by atoms with E-state index in [0.717, 1.165) is 0 Å². The van der Waals surface area contributed by atoms with Crippen LogP contribution in [0.2, 0.25) is 10.0 Å². The van der Waals surface area contributed by atoms with Crippen molar-refractivity contribution in [3.05, 3.63) is 33.8 Å². The molecule has 1 rings (SSSR count). The zero-order chi connectivity index (χ0) is 12.3. The Kier molecular flexibility index (Phi) is 3.85. The third kappa shape index (κ3) is 3.16. The summed E-state index contributed by atoms with van der Waals surface area (Å²) in [6.45, 7) is 3.48. The Morgan fingerprint density at radius 1 is 1.38 bits per heavy atom. The molecule has 0 atom stereocenters. The molecule has 1 aromatic rings. The summed E-state index contributed by atoms with van der Waals surface area (Å²) in [5.74, 6) is 2.20. The van der Waals surface area contributed by atoms with E-state index >= 15 is 0 Å². The SMILES string of the molecule is C#CC(C)(C)NC(=O)c1ccc(Cl)c(Cl)c1. The third-order valence-electron chi connectivity index (χ3n) is 1.97. The van der Waals surface area contributed by atoms with E-state index in [2.05, 4.69) is 11.2 Å². The molecule has 0 aliphatic rings. The van der Waals surface area contributed by atoms with Gasteiger partial charge < -0.3 is 5.32 Å². The maximum absolute atomic E-state index is 11.8. The summed E-state index contributed by atoms with van der Waals surface area (Å²) in [5, 5.41) is 3.44. The Morgan fingerprint density at radius 3 is 2.50 bits per heavy atom. The normalized spacial score (nSPS) is 10.7. The molecule has 0 fully saturated rings. The van der Waals surface area contributed by atoms with Crippen LogP contribution in [0.15, 0.2) is 18.2 Å². The Morgan fingerprint density at radius 2 is 2.00 bits per heavy atom. The van der Waals surface area contributed by atoms with Gasteiger partial charge in [0, 0.05) is 5.56 Å². The second kappa shape index (κ2) is 4.78. The Balaban J connectivity index is 2.91. The summed E-state index contributed by atoms with van der Waals surface area (Å²) < 4.78 is 0. The fraction of sp³-hybridized carbons (Fsp3) is 0.250. The number of nitrogens with one attached hydrogen (secondary N) is 1. The number of hydrogen-bond acceptors (Lipinski definition) is 1. The molecule has 0 heterocycles. The third-order valence-corrected chi connectivity index (χ3v) is 2.71. The van der Waals surface area contributed by atoms with E-state index in [4.69, 9.17) is 29.6 Å². The van der Waals surface area contributed by atoms with E-state index in [1.807, 2.05) is 0 Å². The minimum Gasteiger partial charge on any atom is -0.336 e. The average molecular weight is 256 g/mol. The Hall–Kier alpha value is -1.17. The van der Waals surface area contributed by atoms with Crippen LogP contribution >= 0.6 is 23.2 Å². The quantitative estimate of drug-likeness (QED) is 0.809. The maximum Gasteiger partial charge on any atom is 0.252 e. The lowest BCUT2D eigenvalue weighted by atomic mass is 10.1. The molecule has 1 N–H and O–H groups in total. The Labute approximate surface area is 105 Å². The minimum absolute atomic E-state index is 0.276. The fourth-order valence-electron chi connectivity index (χ4n) is 1.03. The van der Waals surface area contributed by atoms with Crippen LogP contribution in [-0.4, -0.2) is 11.4 Å².